The quantitative estimate of drug-likeness (QED) is 0.894. The standard InChI is InChI=1S/C17H22N4O2S/c1-3-13-17(23)18-8-9-20(13)16(22)10-21-14-7-5-4-6-12(14)19-15(21)11-24-2/h4-7,13H,3,8-11H2,1-2H3,(H,18,23). The van der Waals surface area contributed by atoms with E-state index in [1.165, 1.54) is 0 Å². The average Bonchev–Trinajstić information content (AvgIpc) is 2.92. The van der Waals surface area contributed by atoms with Crippen molar-refractivity contribution >= 4 is 34.6 Å². The molecule has 0 bridgehead atoms. The molecule has 1 aliphatic heterocycles. The number of rotatable bonds is 5. The van der Waals surface area contributed by atoms with Crippen LogP contribution in [-0.4, -0.2) is 51.7 Å². The summed E-state index contributed by atoms with van der Waals surface area (Å²) in [5, 5.41) is 2.83. The van der Waals surface area contributed by atoms with Gasteiger partial charge in [0, 0.05) is 13.1 Å². The van der Waals surface area contributed by atoms with E-state index >= 15 is 0 Å². The minimum atomic E-state index is -0.370. The average molecular weight is 346 g/mol. The first kappa shape index (κ1) is 16.8. The van der Waals surface area contributed by atoms with Crippen molar-refractivity contribution in [2.45, 2.75) is 31.7 Å². The zero-order chi connectivity index (χ0) is 17.1. The Bertz CT molecular complexity index is 758. The van der Waals surface area contributed by atoms with Gasteiger partial charge in [0.1, 0.15) is 18.4 Å². The molecule has 3 rings (SSSR count). The van der Waals surface area contributed by atoms with Crippen molar-refractivity contribution in [3.8, 4) is 0 Å². The fraction of sp³-hybridized carbons (Fsp3) is 0.471. The van der Waals surface area contributed by atoms with Gasteiger partial charge in [-0.1, -0.05) is 19.1 Å². The van der Waals surface area contributed by atoms with E-state index in [0.717, 1.165) is 22.6 Å². The molecule has 1 aromatic carbocycles. The number of hydrogen-bond acceptors (Lipinski definition) is 4. The second kappa shape index (κ2) is 7.25. The highest BCUT2D eigenvalue weighted by molar-refractivity contribution is 7.97. The number of benzene rings is 1. The number of nitrogens with one attached hydrogen (secondary N) is 1. The first-order valence-electron chi connectivity index (χ1n) is 8.16. The van der Waals surface area contributed by atoms with Crippen LogP contribution in [-0.2, 0) is 21.9 Å². The molecule has 0 saturated carbocycles. The van der Waals surface area contributed by atoms with Crippen LogP contribution in [0, 0.1) is 0 Å². The molecule has 2 amide bonds. The van der Waals surface area contributed by atoms with Crippen LogP contribution in [0.25, 0.3) is 11.0 Å². The summed E-state index contributed by atoms with van der Waals surface area (Å²) < 4.78 is 1.98. The van der Waals surface area contributed by atoms with Crippen LogP contribution >= 0.6 is 11.8 Å². The Morgan fingerprint density at radius 3 is 2.96 bits per heavy atom. The van der Waals surface area contributed by atoms with Gasteiger partial charge in [-0.15, -0.1) is 0 Å². The topological polar surface area (TPSA) is 67.2 Å². The summed E-state index contributed by atoms with van der Waals surface area (Å²) in [6.45, 7) is 3.23. The summed E-state index contributed by atoms with van der Waals surface area (Å²) in [5.74, 6) is 1.56. The first-order valence-corrected chi connectivity index (χ1v) is 9.55. The van der Waals surface area contributed by atoms with Gasteiger partial charge in [-0.05, 0) is 24.8 Å². The highest BCUT2D eigenvalue weighted by Crippen LogP contribution is 2.20. The Labute approximate surface area is 145 Å². The van der Waals surface area contributed by atoms with Crippen LogP contribution in [0.5, 0.6) is 0 Å². The lowest BCUT2D eigenvalue weighted by Crippen LogP contribution is -2.57. The molecule has 7 heteroatoms. The van der Waals surface area contributed by atoms with Gasteiger partial charge in [-0.25, -0.2) is 4.98 Å². The molecule has 128 valence electrons. The highest BCUT2D eigenvalue weighted by atomic mass is 32.2. The molecule has 0 spiro atoms. The third kappa shape index (κ3) is 3.13. The van der Waals surface area contributed by atoms with Gasteiger partial charge < -0.3 is 14.8 Å². The maximum atomic E-state index is 12.9. The highest BCUT2D eigenvalue weighted by Gasteiger charge is 2.31. The number of carbonyl (C=O) groups excluding carboxylic acids is 2. The van der Waals surface area contributed by atoms with Crippen molar-refractivity contribution in [2.75, 3.05) is 19.3 Å². The van der Waals surface area contributed by atoms with E-state index in [2.05, 4.69) is 10.3 Å². The third-order valence-electron chi connectivity index (χ3n) is 4.34. The van der Waals surface area contributed by atoms with Crippen molar-refractivity contribution in [2.24, 2.45) is 0 Å². The van der Waals surface area contributed by atoms with Crippen LogP contribution in [0.1, 0.15) is 19.2 Å². The number of piperazine rings is 1. The molecule has 0 aliphatic carbocycles. The monoisotopic (exact) mass is 346 g/mol. The van der Waals surface area contributed by atoms with Crippen molar-refractivity contribution in [3.05, 3.63) is 30.1 Å². The SMILES string of the molecule is CCC1C(=O)NCCN1C(=O)Cn1c(CSC)nc2ccccc21. The fourth-order valence-corrected chi connectivity index (χ4v) is 3.66. The number of carbonyl (C=O) groups is 2. The van der Waals surface area contributed by atoms with Crippen molar-refractivity contribution in [1.82, 2.24) is 19.8 Å². The Balaban J connectivity index is 1.89. The zero-order valence-corrected chi connectivity index (χ0v) is 14.8. The van der Waals surface area contributed by atoms with Gasteiger partial charge in [-0.3, -0.25) is 9.59 Å². The number of para-hydroxylation sites is 2. The summed E-state index contributed by atoms with van der Waals surface area (Å²) >= 11 is 1.68. The molecule has 0 radical (unpaired) electrons. The van der Waals surface area contributed by atoms with Gasteiger partial charge in [-0.2, -0.15) is 11.8 Å². The molecule has 1 fully saturated rings. The number of hydrogen-bond donors (Lipinski definition) is 1. The number of fused-ring (bicyclic) bond motifs is 1. The Kier molecular flexibility index (Phi) is 5.08. The molecular weight excluding hydrogens is 324 g/mol. The molecule has 2 aromatic rings. The predicted octanol–water partition coefficient (Wildman–Crippen LogP) is 1.64. The molecule has 1 unspecified atom stereocenters. The second-order valence-corrected chi connectivity index (χ2v) is 6.70. The number of aromatic nitrogens is 2. The molecule has 1 saturated heterocycles. The summed E-state index contributed by atoms with van der Waals surface area (Å²) in [4.78, 5) is 31.2. The lowest BCUT2D eigenvalue weighted by molar-refractivity contribution is -0.143. The minimum absolute atomic E-state index is 0.0257. The summed E-state index contributed by atoms with van der Waals surface area (Å²) in [6.07, 6.45) is 2.65. The van der Waals surface area contributed by atoms with E-state index in [4.69, 9.17) is 0 Å². The van der Waals surface area contributed by atoms with E-state index < -0.39 is 0 Å². The van der Waals surface area contributed by atoms with Gasteiger partial charge in [0.05, 0.1) is 16.8 Å². The Hall–Kier alpha value is -2.02. The minimum Gasteiger partial charge on any atom is -0.353 e. The van der Waals surface area contributed by atoms with E-state index in [9.17, 15) is 9.59 Å². The fourth-order valence-electron chi connectivity index (χ4n) is 3.19. The zero-order valence-electron chi connectivity index (χ0n) is 14.0. The number of amides is 2. The van der Waals surface area contributed by atoms with Crippen LogP contribution < -0.4 is 5.32 Å². The van der Waals surface area contributed by atoms with Gasteiger partial charge in [0.2, 0.25) is 11.8 Å². The van der Waals surface area contributed by atoms with E-state index in [-0.39, 0.29) is 24.4 Å². The van der Waals surface area contributed by atoms with Gasteiger partial charge in [0.25, 0.3) is 0 Å². The Morgan fingerprint density at radius 2 is 2.21 bits per heavy atom. The first-order chi connectivity index (χ1) is 11.7. The van der Waals surface area contributed by atoms with E-state index in [1.807, 2.05) is 42.0 Å². The number of thioether (sulfide) groups is 1. The van der Waals surface area contributed by atoms with Crippen LogP contribution in [0.3, 0.4) is 0 Å². The van der Waals surface area contributed by atoms with Crippen molar-refractivity contribution in [3.63, 3.8) is 0 Å². The molecular formula is C17H22N4O2S. The molecule has 1 aromatic heterocycles. The Morgan fingerprint density at radius 1 is 1.42 bits per heavy atom. The lowest BCUT2D eigenvalue weighted by Gasteiger charge is -2.34. The summed E-state index contributed by atoms with van der Waals surface area (Å²) in [5.41, 5.74) is 1.86. The van der Waals surface area contributed by atoms with Crippen LogP contribution in [0.2, 0.25) is 0 Å². The number of nitrogens with zero attached hydrogens (tertiary/aromatic N) is 3. The van der Waals surface area contributed by atoms with Crippen LogP contribution in [0.4, 0.5) is 0 Å². The smallest absolute Gasteiger partial charge is 0.243 e. The van der Waals surface area contributed by atoms with Crippen molar-refractivity contribution in [1.29, 1.82) is 0 Å². The third-order valence-corrected chi connectivity index (χ3v) is 4.89. The molecule has 2 heterocycles. The van der Waals surface area contributed by atoms with Gasteiger partial charge >= 0.3 is 0 Å². The second-order valence-electron chi connectivity index (χ2n) is 5.84. The largest absolute Gasteiger partial charge is 0.353 e. The molecule has 24 heavy (non-hydrogen) atoms. The summed E-state index contributed by atoms with van der Waals surface area (Å²) in [7, 11) is 0. The maximum Gasteiger partial charge on any atom is 0.243 e. The maximum absolute atomic E-state index is 12.9. The van der Waals surface area contributed by atoms with Crippen molar-refractivity contribution < 1.29 is 9.59 Å². The normalized spacial score (nSPS) is 18.0. The molecule has 1 N–H and O–H groups in total. The van der Waals surface area contributed by atoms with E-state index in [0.29, 0.717) is 19.5 Å². The van der Waals surface area contributed by atoms with E-state index in [1.54, 1.807) is 16.7 Å². The van der Waals surface area contributed by atoms with Crippen LogP contribution in [0.15, 0.2) is 24.3 Å². The molecule has 1 atom stereocenters. The molecule has 6 nitrogen and oxygen atoms in total. The molecule has 1 aliphatic rings. The predicted molar refractivity (Wildman–Crippen MR) is 95.8 cm³/mol. The number of imidazole rings is 1. The summed E-state index contributed by atoms with van der Waals surface area (Å²) in [6, 6.07) is 7.48. The van der Waals surface area contributed by atoms with Gasteiger partial charge in [0.15, 0.2) is 0 Å². The lowest BCUT2D eigenvalue weighted by atomic mass is 10.1.